The van der Waals surface area contributed by atoms with Gasteiger partial charge in [0, 0.05) is 11.7 Å². The summed E-state index contributed by atoms with van der Waals surface area (Å²) in [6.45, 7) is 2.07. The fourth-order valence-corrected chi connectivity index (χ4v) is 2.50. The molecule has 17 heavy (non-hydrogen) atoms. The van der Waals surface area contributed by atoms with Crippen LogP contribution in [0, 0.1) is 12.8 Å². The van der Waals surface area contributed by atoms with Crippen molar-refractivity contribution in [2.24, 2.45) is 5.92 Å². The molecule has 1 saturated carbocycles. The summed E-state index contributed by atoms with van der Waals surface area (Å²) >= 11 is 0. The van der Waals surface area contributed by atoms with Crippen LogP contribution in [0.2, 0.25) is 0 Å². The topological polar surface area (TPSA) is 49.3 Å². The van der Waals surface area contributed by atoms with Crippen LogP contribution in [0.5, 0.6) is 0 Å². The molecule has 0 aliphatic heterocycles. The summed E-state index contributed by atoms with van der Waals surface area (Å²) in [5, 5.41) is 12.5. The lowest BCUT2D eigenvalue weighted by atomic mass is 9.85. The van der Waals surface area contributed by atoms with Gasteiger partial charge in [0.2, 0.25) is 0 Å². The molecular formula is C14H19NO2. The molecule has 3 nitrogen and oxygen atoms in total. The first-order chi connectivity index (χ1) is 8.16. The summed E-state index contributed by atoms with van der Waals surface area (Å²) < 4.78 is 0. The molecule has 2 rings (SSSR count). The third kappa shape index (κ3) is 2.99. The number of para-hydroxylation sites is 1. The molecule has 2 N–H and O–H groups in total. The quantitative estimate of drug-likeness (QED) is 0.843. The third-order valence-electron chi connectivity index (χ3n) is 3.53. The molecule has 0 bridgehead atoms. The van der Waals surface area contributed by atoms with E-state index in [-0.39, 0.29) is 5.92 Å². The Balaban J connectivity index is 1.99. The zero-order chi connectivity index (χ0) is 12.3. The minimum atomic E-state index is -0.652. The first kappa shape index (κ1) is 12.0. The minimum Gasteiger partial charge on any atom is -0.481 e. The molecule has 0 heterocycles. The summed E-state index contributed by atoms with van der Waals surface area (Å²) in [6, 6.07) is 8.44. The van der Waals surface area contributed by atoms with Crippen molar-refractivity contribution < 1.29 is 9.90 Å². The van der Waals surface area contributed by atoms with Crippen molar-refractivity contribution >= 4 is 11.7 Å². The minimum absolute atomic E-state index is 0.176. The van der Waals surface area contributed by atoms with E-state index in [4.69, 9.17) is 5.11 Å². The van der Waals surface area contributed by atoms with Gasteiger partial charge in [0.25, 0.3) is 0 Å². The van der Waals surface area contributed by atoms with Gasteiger partial charge in [-0.25, -0.2) is 0 Å². The van der Waals surface area contributed by atoms with Crippen molar-refractivity contribution in [1.82, 2.24) is 0 Å². The fraction of sp³-hybridized carbons (Fsp3) is 0.500. The number of anilines is 1. The van der Waals surface area contributed by atoms with Crippen molar-refractivity contribution in [1.29, 1.82) is 0 Å². The molecular weight excluding hydrogens is 214 g/mol. The predicted molar refractivity (Wildman–Crippen MR) is 68.2 cm³/mol. The average molecular weight is 233 g/mol. The van der Waals surface area contributed by atoms with Crippen LogP contribution in [0.15, 0.2) is 24.3 Å². The lowest BCUT2D eigenvalue weighted by Gasteiger charge is -2.28. The van der Waals surface area contributed by atoms with Crippen LogP contribution in [0.4, 0.5) is 5.69 Å². The maximum Gasteiger partial charge on any atom is 0.306 e. The SMILES string of the molecule is Cc1ccccc1NC1CCCC(C(=O)O)C1. The van der Waals surface area contributed by atoms with Crippen LogP contribution >= 0.6 is 0 Å². The molecule has 3 heteroatoms. The summed E-state index contributed by atoms with van der Waals surface area (Å²) in [4.78, 5) is 11.0. The molecule has 1 aromatic rings. The number of rotatable bonds is 3. The Kier molecular flexibility index (Phi) is 3.67. The van der Waals surface area contributed by atoms with Crippen molar-refractivity contribution in [2.45, 2.75) is 38.6 Å². The molecule has 0 saturated heterocycles. The monoisotopic (exact) mass is 233 g/mol. The molecule has 2 atom stereocenters. The number of hydrogen-bond donors (Lipinski definition) is 2. The summed E-state index contributed by atoms with van der Waals surface area (Å²) in [7, 11) is 0. The Labute approximate surface area is 102 Å². The zero-order valence-corrected chi connectivity index (χ0v) is 10.1. The average Bonchev–Trinajstić information content (AvgIpc) is 2.32. The lowest BCUT2D eigenvalue weighted by Crippen LogP contribution is -2.31. The molecule has 1 aliphatic carbocycles. The van der Waals surface area contributed by atoms with Crippen molar-refractivity contribution in [2.75, 3.05) is 5.32 Å². The van der Waals surface area contributed by atoms with E-state index in [0.717, 1.165) is 31.4 Å². The van der Waals surface area contributed by atoms with Gasteiger partial charge < -0.3 is 10.4 Å². The van der Waals surface area contributed by atoms with Gasteiger partial charge in [-0.05, 0) is 37.8 Å². The molecule has 1 fully saturated rings. The van der Waals surface area contributed by atoms with Gasteiger partial charge in [0.1, 0.15) is 0 Å². The first-order valence-corrected chi connectivity index (χ1v) is 6.22. The number of aliphatic carboxylic acids is 1. The van der Waals surface area contributed by atoms with Crippen LogP contribution in [0.1, 0.15) is 31.2 Å². The van der Waals surface area contributed by atoms with Gasteiger partial charge in [-0.1, -0.05) is 24.6 Å². The highest BCUT2D eigenvalue weighted by Gasteiger charge is 2.26. The van der Waals surface area contributed by atoms with Crippen LogP contribution in [0.25, 0.3) is 0 Å². The second-order valence-corrected chi connectivity index (χ2v) is 4.86. The van der Waals surface area contributed by atoms with E-state index in [1.807, 2.05) is 12.1 Å². The Morgan fingerprint density at radius 3 is 2.82 bits per heavy atom. The number of benzene rings is 1. The van der Waals surface area contributed by atoms with E-state index in [1.54, 1.807) is 0 Å². The fourth-order valence-electron chi connectivity index (χ4n) is 2.50. The maximum absolute atomic E-state index is 11.0. The number of aryl methyl sites for hydroxylation is 1. The second-order valence-electron chi connectivity index (χ2n) is 4.86. The van der Waals surface area contributed by atoms with Gasteiger partial charge in [-0.15, -0.1) is 0 Å². The predicted octanol–water partition coefficient (Wildman–Crippen LogP) is 3.05. The van der Waals surface area contributed by atoms with E-state index < -0.39 is 5.97 Å². The molecule has 0 radical (unpaired) electrons. The third-order valence-corrected chi connectivity index (χ3v) is 3.53. The standard InChI is InChI=1S/C14H19NO2/c1-10-5-2-3-8-13(10)15-12-7-4-6-11(9-12)14(16)17/h2-3,5,8,11-12,15H,4,6-7,9H2,1H3,(H,16,17). The summed E-state index contributed by atoms with van der Waals surface area (Å²) in [5.41, 5.74) is 2.34. The van der Waals surface area contributed by atoms with E-state index in [0.29, 0.717) is 6.04 Å². The van der Waals surface area contributed by atoms with Crippen LogP contribution in [-0.4, -0.2) is 17.1 Å². The molecule has 1 aliphatic rings. The van der Waals surface area contributed by atoms with Crippen molar-refractivity contribution in [3.63, 3.8) is 0 Å². The Morgan fingerprint density at radius 1 is 1.35 bits per heavy atom. The molecule has 0 spiro atoms. The molecule has 2 unspecified atom stereocenters. The van der Waals surface area contributed by atoms with Gasteiger partial charge in [-0.2, -0.15) is 0 Å². The smallest absolute Gasteiger partial charge is 0.306 e. The normalized spacial score (nSPS) is 24.3. The van der Waals surface area contributed by atoms with Gasteiger partial charge in [-0.3, -0.25) is 4.79 Å². The summed E-state index contributed by atoms with van der Waals surface area (Å²) in [6.07, 6.45) is 3.63. The lowest BCUT2D eigenvalue weighted by molar-refractivity contribution is -0.142. The van der Waals surface area contributed by atoms with E-state index in [9.17, 15) is 4.79 Å². The highest BCUT2D eigenvalue weighted by Crippen LogP contribution is 2.27. The largest absolute Gasteiger partial charge is 0.481 e. The number of carboxylic acid groups (broad SMARTS) is 1. The molecule has 92 valence electrons. The zero-order valence-electron chi connectivity index (χ0n) is 10.1. The second kappa shape index (κ2) is 5.21. The first-order valence-electron chi connectivity index (χ1n) is 6.22. The highest BCUT2D eigenvalue weighted by atomic mass is 16.4. The highest BCUT2D eigenvalue weighted by molar-refractivity contribution is 5.70. The molecule has 0 amide bonds. The van der Waals surface area contributed by atoms with Gasteiger partial charge in [0.05, 0.1) is 5.92 Å². The number of carboxylic acids is 1. The molecule has 0 aromatic heterocycles. The van der Waals surface area contributed by atoms with E-state index in [1.165, 1.54) is 5.56 Å². The van der Waals surface area contributed by atoms with E-state index >= 15 is 0 Å². The van der Waals surface area contributed by atoms with Crippen LogP contribution in [-0.2, 0) is 4.79 Å². The van der Waals surface area contributed by atoms with Crippen LogP contribution in [0.3, 0.4) is 0 Å². The van der Waals surface area contributed by atoms with E-state index in [2.05, 4.69) is 24.4 Å². The van der Waals surface area contributed by atoms with Crippen molar-refractivity contribution in [3.05, 3.63) is 29.8 Å². The van der Waals surface area contributed by atoms with Crippen LogP contribution < -0.4 is 5.32 Å². The van der Waals surface area contributed by atoms with Gasteiger partial charge >= 0.3 is 5.97 Å². The maximum atomic E-state index is 11.0. The summed E-state index contributed by atoms with van der Waals surface area (Å²) in [5.74, 6) is -0.827. The number of carbonyl (C=O) groups is 1. The Morgan fingerprint density at radius 2 is 2.12 bits per heavy atom. The molecule has 1 aromatic carbocycles. The Hall–Kier alpha value is -1.51. The number of nitrogens with one attached hydrogen (secondary N) is 1. The van der Waals surface area contributed by atoms with Gasteiger partial charge in [0.15, 0.2) is 0 Å². The van der Waals surface area contributed by atoms with Crippen molar-refractivity contribution in [3.8, 4) is 0 Å². The Bertz CT molecular complexity index is 403. The number of hydrogen-bond acceptors (Lipinski definition) is 2.